The van der Waals surface area contributed by atoms with E-state index in [1.165, 1.54) is 0 Å². The monoisotopic (exact) mass is 254 g/mol. The molecule has 0 aromatic carbocycles. The molecule has 0 aliphatic carbocycles. The summed E-state index contributed by atoms with van der Waals surface area (Å²) in [7, 11) is 0. The average molecular weight is 254 g/mol. The third-order valence-electron chi connectivity index (χ3n) is 3.68. The zero-order valence-corrected chi connectivity index (χ0v) is 12.2. The molecule has 18 heavy (non-hydrogen) atoms. The van der Waals surface area contributed by atoms with Crippen molar-refractivity contribution in [2.75, 3.05) is 6.54 Å². The molecule has 1 N–H and O–H groups in total. The first-order chi connectivity index (χ1) is 8.35. The van der Waals surface area contributed by atoms with Gasteiger partial charge in [0.1, 0.15) is 11.6 Å². The maximum absolute atomic E-state index is 12.5. The van der Waals surface area contributed by atoms with Crippen LogP contribution in [-0.2, 0) is 9.59 Å². The number of carbonyl (C=O) groups excluding carboxylic acids is 2. The van der Waals surface area contributed by atoms with Crippen molar-refractivity contribution >= 4 is 11.8 Å². The Kier molecular flexibility index (Phi) is 4.77. The summed E-state index contributed by atoms with van der Waals surface area (Å²) in [5, 5.41) is 2.91. The van der Waals surface area contributed by atoms with E-state index in [1.807, 2.05) is 20.8 Å². The Labute approximate surface area is 110 Å². The quantitative estimate of drug-likeness (QED) is 0.815. The minimum Gasteiger partial charge on any atom is -0.340 e. The van der Waals surface area contributed by atoms with E-state index in [0.717, 1.165) is 12.8 Å². The second-order valence-corrected chi connectivity index (χ2v) is 5.82. The molecule has 2 unspecified atom stereocenters. The van der Waals surface area contributed by atoms with E-state index in [2.05, 4.69) is 19.2 Å². The first-order valence-electron chi connectivity index (χ1n) is 6.98. The predicted molar refractivity (Wildman–Crippen MR) is 72.1 cm³/mol. The molecule has 1 aliphatic heterocycles. The van der Waals surface area contributed by atoms with Gasteiger partial charge in [0.2, 0.25) is 11.8 Å². The van der Waals surface area contributed by atoms with Crippen molar-refractivity contribution in [3.63, 3.8) is 0 Å². The SMILES string of the molecule is CCCN1C(=O)C(C)(CC)NC(=O)C1CC(C)C. The third-order valence-corrected chi connectivity index (χ3v) is 3.68. The van der Waals surface area contributed by atoms with Crippen LogP contribution in [0.15, 0.2) is 0 Å². The Hall–Kier alpha value is -1.06. The van der Waals surface area contributed by atoms with Gasteiger partial charge in [0.05, 0.1) is 0 Å². The van der Waals surface area contributed by atoms with Gasteiger partial charge < -0.3 is 10.2 Å². The summed E-state index contributed by atoms with van der Waals surface area (Å²) in [5.41, 5.74) is -0.722. The molecule has 0 radical (unpaired) electrons. The van der Waals surface area contributed by atoms with Gasteiger partial charge in [-0.05, 0) is 32.1 Å². The molecule has 4 nitrogen and oxygen atoms in total. The Morgan fingerprint density at radius 1 is 1.33 bits per heavy atom. The molecule has 1 aliphatic rings. The maximum atomic E-state index is 12.5. The number of nitrogens with zero attached hydrogens (tertiary/aromatic N) is 1. The highest BCUT2D eigenvalue weighted by atomic mass is 16.2. The molecule has 2 amide bonds. The Morgan fingerprint density at radius 3 is 2.39 bits per heavy atom. The topological polar surface area (TPSA) is 49.4 Å². The summed E-state index contributed by atoms with van der Waals surface area (Å²) in [4.78, 5) is 26.5. The van der Waals surface area contributed by atoms with Gasteiger partial charge in [-0.3, -0.25) is 9.59 Å². The van der Waals surface area contributed by atoms with Gasteiger partial charge in [-0.1, -0.05) is 27.7 Å². The Morgan fingerprint density at radius 2 is 1.94 bits per heavy atom. The summed E-state index contributed by atoms with van der Waals surface area (Å²) in [6.45, 7) is 10.6. The van der Waals surface area contributed by atoms with E-state index in [-0.39, 0.29) is 17.9 Å². The Balaban J connectivity index is 2.99. The smallest absolute Gasteiger partial charge is 0.248 e. The van der Waals surface area contributed by atoms with E-state index in [1.54, 1.807) is 4.90 Å². The van der Waals surface area contributed by atoms with Crippen LogP contribution in [0.3, 0.4) is 0 Å². The van der Waals surface area contributed by atoms with Crippen molar-refractivity contribution in [3.05, 3.63) is 0 Å². The third kappa shape index (κ3) is 2.85. The molecule has 1 rings (SSSR count). The summed E-state index contributed by atoms with van der Waals surface area (Å²) < 4.78 is 0. The van der Waals surface area contributed by atoms with Crippen molar-refractivity contribution < 1.29 is 9.59 Å². The van der Waals surface area contributed by atoms with E-state index in [9.17, 15) is 9.59 Å². The molecule has 2 atom stereocenters. The second kappa shape index (κ2) is 5.72. The highest BCUT2D eigenvalue weighted by molar-refractivity contribution is 5.99. The first kappa shape index (κ1) is 15.0. The predicted octanol–water partition coefficient (Wildman–Crippen LogP) is 1.94. The molecule has 0 bridgehead atoms. The van der Waals surface area contributed by atoms with Crippen LogP contribution in [0.5, 0.6) is 0 Å². The summed E-state index contributed by atoms with van der Waals surface area (Å²) in [5.74, 6) is 0.470. The van der Waals surface area contributed by atoms with Gasteiger partial charge in [0.25, 0.3) is 0 Å². The van der Waals surface area contributed by atoms with Crippen molar-refractivity contribution in [2.45, 2.75) is 65.5 Å². The van der Waals surface area contributed by atoms with Crippen LogP contribution >= 0.6 is 0 Å². The number of hydrogen-bond acceptors (Lipinski definition) is 2. The van der Waals surface area contributed by atoms with Gasteiger partial charge in [-0.2, -0.15) is 0 Å². The molecular formula is C14H26N2O2. The van der Waals surface area contributed by atoms with Gasteiger partial charge >= 0.3 is 0 Å². The number of carbonyl (C=O) groups is 2. The maximum Gasteiger partial charge on any atom is 0.248 e. The van der Waals surface area contributed by atoms with E-state index in [4.69, 9.17) is 0 Å². The zero-order valence-electron chi connectivity index (χ0n) is 12.2. The van der Waals surface area contributed by atoms with Crippen molar-refractivity contribution in [1.29, 1.82) is 0 Å². The number of nitrogens with one attached hydrogen (secondary N) is 1. The summed E-state index contributed by atoms with van der Waals surface area (Å²) >= 11 is 0. The van der Waals surface area contributed by atoms with Crippen molar-refractivity contribution in [2.24, 2.45) is 5.92 Å². The van der Waals surface area contributed by atoms with Gasteiger partial charge in [0.15, 0.2) is 0 Å². The number of rotatable bonds is 5. The lowest BCUT2D eigenvalue weighted by molar-refractivity contribution is -0.155. The van der Waals surface area contributed by atoms with Crippen LogP contribution in [0.25, 0.3) is 0 Å². The summed E-state index contributed by atoms with van der Waals surface area (Å²) in [6, 6.07) is -0.294. The molecule has 1 fully saturated rings. The van der Waals surface area contributed by atoms with Gasteiger partial charge in [0, 0.05) is 6.54 Å². The van der Waals surface area contributed by atoms with Crippen LogP contribution in [0.1, 0.15) is 53.9 Å². The molecule has 0 spiro atoms. The largest absolute Gasteiger partial charge is 0.340 e. The van der Waals surface area contributed by atoms with Crippen LogP contribution in [0.4, 0.5) is 0 Å². The summed E-state index contributed by atoms with van der Waals surface area (Å²) in [6.07, 6.45) is 2.25. The fourth-order valence-corrected chi connectivity index (χ4v) is 2.43. The minimum atomic E-state index is -0.722. The molecular weight excluding hydrogens is 228 g/mol. The fourth-order valence-electron chi connectivity index (χ4n) is 2.43. The van der Waals surface area contributed by atoms with Crippen LogP contribution in [-0.4, -0.2) is 34.8 Å². The van der Waals surface area contributed by atoms with E-state index in [0.29, 0.717) is 18.9 Å². The number of amides is 2. The molecule has 0 aromatic heterocycles. The number of hydrogen-bond donors (Lipinski definition) is 1. The molecule has 0 aromatic rings. The molecule has 0 saturated carbocycles. The van der Waals surface area contributed by atoms with Crippen LogP contribution < -0.4 is 5.32 Å². The lowest BCUT2D eigenvalue weighted by Gasteiger charge is -2.44. The highest BCUT2D eigenvalue weighted by Crippen LogP contribution is 2.24. The molecule has 1 heterocycles. The highest BCUT2D eigenvalue weighted by Gasteiger charge is 2.46. The lowest BCUT2D eigenvalue weighted by Crippen LogP contribution is -2.69. The molecule has 104 valence electrons. The van der Waals surface area contributed by atoms with Crippen LogP contribution in [0, 0.1) is 5.92 Å². The van der Waals surface area contributed by atoms with Crippen LogP contribution in [0.2, 0.25) is 0 Å². The fraction of sp³-hybridized carbons (Fsp3) is 0.857. The van der Waals surface area contributed by atoms with Crippen molar-refractivity contribution in [3.8, 4) is 0 Å². The standard InChI is InChI=1S/C14H26N2O2/c1-6-8-16-11(9-10(3)4)12(17)15-14(5,7-2)13(16)18/h10-11H,6-9H2,1-5H3,(H,15,17). The average Bonchev–Trinajstić information content (AvgIpc) is 2.30. The van der Waals surface area contributed by atoms with Gasteiger partial charge in [-0.25, -0.2) is 0 Å². The van der Waals surface area contributed by atoms with Crippen molar-refractivity contribution in [1.82, 2.24) is 10.2 Å². The second-order valence-electron chi connectivity index (χ2n) is 5.82. The van der Waals surface area contributed by atoms with E-state index >= 15 is 0 Å². The lowest BCUT2D eigenvalue weighted by atomic mass is 9.89. The molecule has 1 saturated heterocycles. The Bertz CT molecular complexity index is 328. The zero-order chi connectivity index (χ0) is 13.9. The van der Waals surface area contributed by atoms with Gasteiger partial charge in [-0.15, -0.1) is 0 Å². The molecule has 4 heteroatoms. The normalized spacial score (nSPS) is 28.8. The number of piperazine rings is 1. The first-order valence-corrected chi connectivity index (χ1v) is 6.98. The minimum absolute atomic E-state index is 0.00102. The van der Waals surface area contributed by atoms with E-state index < -0.39 is 5.54 Å².